The smallest absolute Gasteiger partial charge is 0.327 e. The number of hydrogen-bond donors (Lipinski definition) is 2. The van der Waals surface area contributed by atoms with E-state index >= 15 is 0 Å². The molecule has 0 bridgehead atoms. The minimum absolute atomic E-state index is 0.133. The Hall–Kier alpha value is -2.20. The molecule has 10 heteroatoms. The highest BCUT2D eigenvalue weighted by Crippen LogP contribution is 2.20. The molecule has 0 aromatic rings. The van der Waals surface area contributed by atoms with Crippen LogP contribution in [0.3, 0.4) is 0 Å². The molecule has 212 valence electrons. The van der Waals surface area contributed by atoms with Crippen LogP contribution in [-0.2, 0) is 9.59 Å². The molecule has 10 nitrogen and oxygen atoms in total. The van der Waals surface area contributed by atoms with Crippen molar-refractivity contribution in [3.8, 4) is 0 Å². The summed E-state index contributed by atoms with van der Waals surface area (Å²) < 4.78 is 0. The summed E-state index contributed by atoms with van der Waals surface area (Å²) in [5.74, 6) is 0.112. The lowest BCUT2D eigenvalue weighted by atomic mass is 9.97. The first-order valence-electron chi connectivity index (χ1n) is 14.1. The molecule has 4 unspecified atom stereocenters. The number of imide groups is 2. The van der Waals surface area contributed by atoms with Crippen molar-refractivity contribution in [3.05, 3.63) is 0 Å². The minimum Gasteiger partial charge on any atom is -0.393 e. The van der Waals surface area contributed by atoms with Gasteiger partial charge in [0.2, 0.25) is 11.8 Å². The third-order valence-corrected chi connectivity index (χ3v) is 7.55. The molecule has 2 saturated heterocycles. The van der Waals surface area contributed by atoms with Gasteiger partial charge in [0.15, 0.2) is 0 Å². The molecule has 2 aliphatic heterocycles. The Morgan fingerprint density at radius 3 is 1.24 bits per heavy atom. The summed E-state index contributed by atoms with van der Waals surface area (Å²) in [5, 5.41) is 20.6. The van der Waals surface area contributed by atoms with Gasteiger partial charge in [-0.1, -0.05) is 26.7 Å². The highest BCUT2D eigenvalue weighted by Gasteiger charge is 2.36. The lowest BCUT2D eigenvalue weighted by Crippen LogP contribution is -2.36. The van der Waals surface area contributed by atoms with Crippen LogP contribution in [0.2, 0.25) is 0 Å². The fourth-order valence-corrected chi connectivity index (χ4v) is 5.13. The first kappa shape index (κ1) is 31.0. The number of nitrogens with zero attached hydrogens (tertiary/aromatic N) is 4. The quantitative estimate of drug-likeness (QED) is 0.266. The van der Waals surface area contributed by atoms with E-state index in [-0.39, 0.29) is 48.8 Å². The largest absolute Gasteiger partial charge is 0.393 e. The Morgan fingerprint density at radius 2 is 0.946 bits per heavy atom. The Morgan fingerprint density at radius 1 is 0.622 bits per heavy atom. The van der Waals surface area contributed by atoms with Crippen molar-refractivity contribution in [2.75, 3.05) is 39.3 Å². The maximum Gasteiger partial charge on any atom is 0.327 e. The Kier molecular flexibility index (Phi) is 12.8. The number of carbonyl (C=O) groups is 4. The van der Waals surface area contributed by atoms with E-state index in [4.69, 9.17) is 0 Å². The Balaban J connectivity index is 1.51. The maximum atomic E-state index is 12.2. The van der Waals surface area contributed by atoms with E-state index in [9.17, 15) is 29.4 Å². The van der Waals surface area contributed by atoms with E-state index < -0.39 is 12.2 Å². The Bertz CT molecular complexity index is 716. The molecule has 2 aliphatic rings. The molecule has 2 fully saturated rings. The zero-order valence-electron chi connectivity index (χ0n) is 23.2. The monoisotopic (exact) mass is 524 g/mol. The average Bonchev–Trinajstić information content (AvgIpc) is 3.28. The molecule has 0 spiro atoms. The summed E-state index contributed by atoms with van der Waals surface area (Å²) in [7, 11) is 0. The van der Waals surface area contributed by atoms with Gasteiger partial charge in [0.25, 0.3) is 0 Å². The van der Waals surface area contributed by atoms with Crippen molar-refractivity contribution in [1.29, 1.82) is 0 Å². The molecule has 0 aromatic heterocycles. The lowest BCUT2D eigenvalue weighted by molar-refractivity contribution is -0.126. The van der Waals surface area contributed by atoms with Crippen LogP contribution in [0.4, 0.5) is 9.59 Å². The van der Waals surface area contributed by atoms with Gasteiger partial charge in [-0.3, -0.25) is 19.4 Å². The van der Waals surface area contributed by atoms with Crippen LogP contribution in [0, 0.1) is 11.8 Å². The number of carbonyl (C=O) groups excluding carboxylic acids is 4. The topological polar surface area (TPSA) is 122 Å². The summed E-state index contributed by atoms with van der Waals surface area (Å²) >= 11 is 0. The molecule has 2 heterocycles. The summed E-state index contributed by atoms with van der Waals surface area (Å²) in [5.41, 5.74) is 0. The van der Waals surface area contributed by atoms with Crippen molar-refractivity contribution < 1.29 is 29.4 Å². The number of rotatable bonds is 18. The van der Waals surface area contributed by atoms with Gasteiger partial charge in [-0.15, -0.1) is 0 Å². The third-order valence-electron chi connectivity index (χ3n) is 7.55. The molecule has 37 heavy (non-hydrogen) atoms. The molecule has 4 atom stereocenters. The second-order valence-corrected chi connectivity index (χ2v) is 10.9. The number of likely N-dealkylation sites (N-methyl/N-ethyl adjacent to an activating group) is 2. The molecule has 6 amide bonds. The molecule has 0 aliphatic carbocycles. The fourth-order valence-electron chi connectivity index (χ4n) is 5.13. The summed E-state index contributed by atoms with van der Waals surface area (Å²) in [6, 6.07) is -0.403. The van der Waals surface area contributed by atoms with Crippen molar-refractivity contribution in [1.82, 2.24) is 19.6 Å². The minimum atomic E-state index is -0.414. The van der Waals surface area contributed by atoms with E-state index in [0.29, 0.717) is 51.9 Å². The standard InChI is InChI=1S/C27H48N4O6/c1-5-28-18-24(34)30(26(28)36)16-20(3)10-7-12-22(32)14-9-15-23(33)13-8-11-21(4)17-31-25(35)19-29(6-2)27(31)37/h20-23,32-33H,5-19H2,1-4H3. The molecular weight excluding hydrogens is 476 g/mol. The van der Waals surface area contributed by atoms with E-state index in [1.165, 1.54) is 9.80 Å². The number of hydrogen-bond acceptors (Lipinski definition) is 6. The molecule has 0 radical (unpaired) electrons. The van der Waals surface area contributed by atoms with Crippen LogP contribution in [0.1, 0.15) is 85.5 Å². The number of urea groups is 2. The summed E-state index contributed by atoms with van der Waals surface area (Å²) in [4.78, 5) is 54.2. The van der Waals surface area contributed by atoms with E-state index in [1.54, 1.807) is 9.80 Å². The van der Waals surface area contributed by atoms with Crippen LogP contribution >= 0.6 is 0 Å². The Labute approximate surface area is 221 Å². The SMILES string of the molecule is CCN1CC(=O)N(CC(C)CCCC(O)CCCC(O)CCCC(C)CN2C(=O)CN(CC)C2=O)C1=O. The van der Waals surface area contributed by atoms with Gasteiger partial charge in [-0.05, 0) is 70.6 Å². The van der Waals surface area contributed by atoms with Crippen molar-refractivity contribution in [3.63, 3.8) is 0 Å². The van der Waals surface area contributed by atoms with Gasteiger partial charge >= 0.3 is 12.1 Å². The predicted molar refractivity (Wildman–Crippen MR) is 141 cm³/mol. The second kappa shape index (κ2) is 15.3. The number of amides is 6. The van der Waals surface area contributed by atoms with Crippen LogP contribution in [0.25, 0.3) is 0 Å². The third kappa shape index (κ3) is 9.56. The first-order valence-corrected chi connectivity index (χ1v) is 14.1. The highest BCUT2D eigenvalue weighted by molar-refractivity contribution is 6.02. The molecule has 2 rings (SSSR count). The van der Waals surface area contributed by atoms with Crippen molar-refractivity contribution >= 4 is 23.9 Å². The van der Waals surface area contributed by atoms with Crippen molar-refractivity contribution in [2.24, 2.45) is 11.8 Å². The van der Waals surface area contributed by atoms with Gasteiger partial charge in [0, 0.05) is 26.2 Å². The van der Waals surface area contributed by atoms with E-state index in [2.05, 4.69) is 0 Å². The zero-order chi connectivity index (χ0) is 27.5. The maximum absolute atomic E-state index is 12.2. The van der Waals surface area contributed by atoms with Crippen LogP contribution in [0.5, 0.6) is 0 Å². The van der Waals surface area contributed by atoms with Gasteiger partial charge in [-0.2, -0.15) is 0 Å². The molecular formula is C27H48N4O6. The van der Waals surface area contributed by atoms with Gasteiger partial charge in [0.05, 0.1) is 12.2 Å². The molecule has 2 N–H and O–H groups in total. The molecule has 0 aromatic carbocycles. The normalized spacial score (nSPS) is 19.8. The van der Waals surface area contributed by atoms with Crippen LogP contribution < -0.4 is 0 Å². The highest BCUT2D eigenvalue weighted by atomic mass is 16.3. The second-order valence-electron chi connectivity index (χ2n) is 10.9. The van der Waals surface area contributed by atoms with E-state index in [1.807, 2.05) is 27.7 Å². The average molecular weight is 525 g/mol. The van der Waals surface area contributed by atoms with Gasteiger partial charge in [0.1, 0.15) is 13.1 Å². The van der Waals surface area contributed by atoms with Crippen LogP contribution in [0.15, 0.2) is 0 Å². The number of aliphatic hydroxyl groups excluding tert-OH is 2. The summed E-state index contributed by atoms with van der Waals surface area (Å²) in [6.07, 6.45) is 5.88. The summed E-state index contributed by atoms with van der Waals surface area (Å²) in [6.45, 7) is 10.1. The lowest BCUT2D eigenvalue weighted by Gasteiger charge is -2.20. The number of aliphatic hydroxyl groups is 2. The zero-order valence-corrected chi connectivity index (χ0v) is 23.2. The first-order chi connectivity index (χ1) is 17.6. The van der Waals surface area contributed by atoms with Crippen molar-refractivity contribution in [2.45, 2.75) is 97.7 Å². The van der Waals surface area contributed by atoms with Gasteiger partial charge < -0.3 is 20.0 Å². The van der Waals surface area contributed by atoms with Gasteiger partial charge in [-0.25, -0.2) is 9.59 Å². The van der Waals surface area contributed by atoms with Crippen LogP contribution in [-0.4, -0.2) is 105 Å². The van der Waals surface area contributed by atoms with E-state index in [0.717, 1.165) is 32.1 Å². The predicted octanol–water partition coefficient (Wildman–Crippen LogP) is 3.06. The molecule has 0 saturated carbocycles. The fraction of sp³-hybridized carbons (Fsp3) is 0.852.